The van der Waals surface area contributed by atoms with Crippen LogP contribution in [0.2, 0.25) is 0 Å². The third kappa shape index (κ3) is 3.14. The average molecular weight is 345 g/mol. The van der Waals surface area contributed by atoms with E-state index in [1.165, 1.54) is 0 Å². The summed E-state index contributed by atoms with van der Waals surface area (Å²) in [6.45, 7) is 0. The average Bonchev–Trinajstić information content (AvgIpc) is 2.48. The zero-order valence-electron chi connectivity index (χ0n) is 11.6. The number of hydrogen-bond donors (Lipinski definition) is 1. The quantitative estimate of drug-likeness (QED) is 0.924. The van der Waals surface area contributed by atoms with Crippen molar-refractivity contribution in [1.29, 1.82) is 0 Å². The number of carbonyl (C=O) groups is 1. The van der Waals surface area contributed by atoms with Crippen LogP contribution in [-0.2, 0) is 10.0 Å². The van der Waals surface area contributed by atoms with E-state index >= 15 is 0 Å². The summed E-state index contributed by atoms with van der Waals surface area (Å²) in [4.78, 5) is 10.2. The number of hydrogen-bond acceptors (Lipinski definition) is 3. The Hall–Kier alpha value is -2.55. The second kappa shape index (κ2) is 5.92. The highest BCUT2D eigenvalue weighted by Gasteiger charge is 2.28. The van der Waals surface area contributed by atoms with Crippen LogP contribution in [0.1, 0.15) is 10.4 Å². The minimum Gasteiger partial charge on any atom is -0.478 e. The van der Waals surface area contributed by atoms with Gasteiger partial charge < -0.3 is 5.11 Å². The Balaban J connectivity index is 2.62. The molecule has 0 heterocycles. The normalized spacial score (nSPS) is 11.3. The van der Waals surface area contributed by atoms with Gasteiger partial charge >= 0.3 is 5.97 Å². The fourth-order valence-corrected chi connectivity index (χ4v) is 3.20. The number of aromatic carboxylic acids is 1. The van der Waals surface area contributed by atoms with E-state index in [0.717, 1.165) is 25.2 Å². The van der Waals surface area contributed by atoms with Gasteiger partial charge in [0.15, 0.2) is 0 Å². The van der Waals surface area contributed by atoms with Crippen LogP contribution in [0.25, 0.3) is 0 Å². The van der Waals surface area contributed by atoms with Gasteiger partial charge in [0, 0.05) is 7.05 Å². The van der Waals surface area contributed by atoms with Crippen molar-refractivity contribution in [2.24, 2.45) is 0 Å². The SMILES string of the molecule is CN(c1ccc(F)cc1C(=O)O)S(=O)(=O)c1cc(F)ccc1F. The number of halogens is 3. The van der Waals surface area contributed by atoms with Gasteiger partial charge in [-0.25, -0.2) is 26.4 Å². The largest absolute Gasteiger partial charge is 0.478 e. The first-order valence-corrected chi connectivity index (χ1v) is 7.55. The molecular formula is C14H10F3NO4S. The van der Waals surface area contributed by atoms with Crippen LogP contribution in [0.5, 0.6) is 0 Å². The molecule has 0 aliphatic rings. The molecule has 0 amide bonds. The van der Waals surface area contributed by atoms with Gasteiger partial charge in [0.2, 0.25) is 0 Å². The molecular weight excluding hydrogens is 335 g/mol. The molecule has 0 atom stereocenters. The first-order valence-electron chi connectivity index (χ1n) is 6.11. The molecule has 0 aromatic heterocycles. The number of sulfonamides is 1. The summed E-state index contributed by atoms with van der Waals surface area (Å²) >= 11 is 0. The van der Waals surface area contributed by atoms with Gasteiger partial charge in [0.25, 0.3) is 10.0 Å². The molecule has 0 saturated heterocycles. The van der Waals surface area contributed by atoms with E-state index in [2.05, 4.69) is 0 Å². The lowest BCUT2D eigenvalue weighted by Crippen LogP contribution is -2.29. The van der Waals surface area contributed by atoms with Gasteiger partial charge in [-0.1, -0.05) is 0 Å². The third-order valence-electron chi connectivity index (χ3n) is 3.06. The van der Waals surface area contributed by atoms with Crippen molar-refractivity contribution in [2.75, 3.05) is 11.4 Å². The zero-order valence-corrected chi connectivity index (χ0v) is 12.4. The first-order chi connectivity index (χ1) is 10.6. The lowest BCUT2D eigenvalue weighted by atomic mass is 10.2. The van der Waals surface area contributed by atoms with Crippen molar-refractivity contribution in [3.05, 3.63) is 59.4 Å². The minimum atomic E-state index is -4.58. The second-order valence-electron chi connectivity index (χ2n) is 4.51. The molecule has 0 bridgehead atoms. The molecule has 23 heavy (non-hydrogen) atoms. The third-order valence-corrected chi connectivity index (χ3v) is 4.85. The van der Waals surface area contributed by atoms with E-state index in [1.807, 2.05) is 0 Å². The zero-order chi connectivity index (χ0) is 17.4. The van der Waals surface area contributed by atoms with Gasteiger partial charge in [-0.3, -0.25) is 4.31 Å². The van der Waals surface area contributed by atoms with Crippen molar-refractivity contribution in [3.63, 3.8) is 0 Å². The van der Waals surface area contributed by atoms with Gasteiger partial charge in [-0.05, 0) is 36.4 Å². The van der Waals surface area contributed by atoms with Gasteiger partial charge in [-0.15, -0.1) is 0 Å². The lowest BCUT2D eigenvalue weighted by Gasteiger charge is -2.21. The van der Waals surface area contributed by atoms with Crippen LogP contribution in [0.4, 0.5) is 18.9 Å². The highest BCUT2D eigenvalue weighted by molar-refractivity contribution is 7.92. The predicted octanol–water partition coefficient (Wildman–Crippen LogP) is 2.63. The topological polar surface area (TPSA) is 74.7 Å². The van der Waals surface area contributed by atoms with E-state index in [9.17, 15) is 26.4 Å². The standard InChI is InChI=1S/C14H10F3NO4S/c1-18(12-5-3-8(15)6-10(12)14(19)20)23(21,22)13-7-9(16)2-4-11(13)17/h2-7H,1H3,(H,19,20). The van der Waals surface area contributed by atoms with Crippen LogP contribution in [-0.4, -0.2) is 26.5 Å². The van der Waals surface area contributed by atoms with Crippen molar-refractivity contribution in [1.82, 2.24) is 0 Å². The summed E-state index contributed by atoms with van der Waals surface area (Å²) in [5, 5.41) is 9.05. The maximum Gasteiger partial charge on any atom is 0.337 e. The number of nitrogens with zero attached hydrogens (tertiary/aromatic N) is 1. The summed E-state index contributed by atoms with van der Waals surface area (Å²) in [7, 11) is -3.62. The summed E-state index contributed by atoms with van der Waals surface area (Å²) in [5.41, 5.74) is -1.02. The summed E-state index contributed by atoms with van der Waals surface area (Å²) in [6, 6.07) is 4.27. The maximum absolute atomic E-state index is 13.7. The molecule has 2 rings (SSSR count). The van der Waals surface area contributed by atoms with Gasteiger partial charge in [0.1, 0.15) is 22.3 Å². The summed E-state index contributed by atoms with van der Waals surface area (Å²) < 4.78 is 65.3. The fraction of sp³-hybridized carbons (Fsp3) is 0.0714. The minimum absolute atomic E-state index is 0.387. The highest BCUT2D eigenvalue weighted by atomic mass is 32.2. The number of carboxylic acids is 1. The number of rotatable bonds is 4. The molecule has 0 fully saturated rings. The molecule has 2 aromatic rings. The Kier molecular flexibility index (Phi) is 4.33. The first kappa shape index (κ1) is 16.8. The van der Waals surface area contributed by atoms with E-state index in [-0.39, 0.29) is 5.69 Å². The smallest absolute Gasteiger partial charge is 0.337 e. The van der Waals surface area contributed by atoms with Crippen molar-refractivity contribution in [2.45, 2.75) is 4.90 Å². The molecule has 1 N–H and O–H groups in total. The van der Waals surface area contributed by atoms with E-state index < -0.39 is 43.9 Å². The van der Waals surface area contributed by atoms with E-state index in [1.54, 1.807) is 0 Å². The highest BCUT2D eigenvalue weighted by Crippen LogP contribution is 2.28. The molecule has 122 valence electrons. The monoisotopic (exact) mass is 345 g/mol. The van der Waals surface area contributed by atoms with Crippen LogP contribution in [0.15, 0.2) is 41.3 Å². The van der Waals surface area contributed by atoms with Crippen molar-refractivity contribution in [3.8, 4) is 0 Å². The molecule has 5 nitrogen and oxygen atoms in total. The molecule has 0 aliphatic heterocycles. The Morgan fingerprint density at radius 2 is 1.61 bits per heavy atom. The van der Waals surface area contributed by atoms with Gasteiger partial charge in [-0.2, -0.15) is 0 Å². The second-order valence-corrected chi connectivity index (χ2v) is 6.45. The molecule has 0 aliphatic carbocycles. The maximum atomic E-state index is 13.7. The van der Waals surface area contributed by atoms with Crippen LogP contribution < -0.4 is 4.31 Å². The number of anilines is 1. The van der Waals surface area contributed by atoms with Crippen LogP contribution in [0, 0.1) is 17.5 Å². The fourth-order valence-electron chi connectivity index (χ4n) is 1.91. The molecule has 9 heteroatoms. The van der Waals surface area contributed by atoms with Gasteiger partial charge in [0.05, 0.1) is 11.3 Å². The van der Waals surface area contributed by atoms with Crippen molar-refractivity contribution >= 4 is 21.7 Å². The predicted molar refractivity (Wildman–Crippen MR) is 75.3 cm³/mol. The summed E-state index contributed by atoms with van der Waals surface area (Å²) in [5.74, 6) is -4.62. The van der Waals surface area contributed by atoms with E-state index in [4.69, 9.17) is 5.11 Å². The van der Waals surface area contributed by atoms with Crippen LogP contribution >= 0.6 is 0 Å². The molecule has 0 radical (unpaired) electrons. The Morgan fingerprint density at radius 3 is 2.22 bits per heavy atom. The van der Waals surface area contributed by atoms with Crippen LogP contribution in [0.3, 0.4) is 0 Å². The van der Waals surface area contributed by atoms with E-state index in [0.29, 0.717) is 22.5 Å². The summed E-state index contributed by atoms with van der Waals surface area (Å²) in [6.07, 6.45) is 0. The Morgan fingerprint density at radius 1 is 1.04 bits per heavy atom. The Labute approximate surface area is 129 Å². The lowest BCUT2D eigenvalue weighted by molar-refractivity contribution is 0.0697. The number of benzene rings is 2. The Bertz CT molecular complexity index is 884. The van der Waals surface area contributed by atoms with Crippen molar-refractivity contribution < 1.29 is 31.5 Å². The number of carboxylic acid groups (broad SMARTS) is 1. The molecule has 0 unspecified atom stereocenters. The molecule has 0 saturated carbocycles. The molecule has 0 spiro atoms. The molecule has 2 aromatic carbocycles.